The molecule has 2 unspecified atom stereocenters. The number of rotatable bonds is 8. The van der Waals surface area contributed by atoms with E-state index in [0.29, 0.717) is 6.42 Å². The van der Waals surface area contributed by atoms with Crippen LogP contribution >= 0.6 is 0 Å². The van der Waals surface area contributed by atoms with Crippen molar-refractivity contribution in [3.63, 3.8) is 0 Å². The summed E-state index contributed by atoms with van der Waals surface area (Å²) >= 11 is 0. The zero-order valence-corrected chi connectivity index (χ0v) is 11.9. The molecule has 19 heavy (non-hydrogen) atoms. The zero-order valence-electron chi connectivity index (χ0n) is 11.9. The number of amides is 1. The van der Waals surface area contributed by atoms with Crippen LogP contribution in [0.25, 0.3) is 0 Å². The van der Waals surface area contributed by atoms with Gasteiger partial charge in [0.25, 0.3) is 0 Å². The van der Waals surface area contributed by atoms with Gasteiger partial charge in [0.05, 0.1) is 5.92 Å². The van der Waals surface area contributed by atoms with E-state index >= 15 is 0 Å². The van der Waals surface area contributed by atoms with Gasteiger partial charge in [0.15, 0.2) is 0 Å². The molecule has 0 aliphatic rings. The number of hydrogen-bond acceptors (Lipinski definition) is 3. The minimum atomic E-state index is -1.01. The smallest absolute Gasteiger partial charge is 0.306 e. The molecule has 0 spiro atoms. The average molecular weight is 273 g/mol. The fourth-order valence-electron chi connectivity index (χ4n) is 2.31. The van der Waals surface area contributed by atoms with Crippen molar-refractivity contribution in [1.29, 1.82) is 0 Å². The van der Waals surface area contributed by atoms with Crippen LogP contribution in [0, 0.1) is 17.3 Å². The van der Waals surface area contributed by atoms with Gasteiger partial charge in [-0.25, -0.2) is 0 Å². The van der Waals surface area contributed by atoms with Crippen molar-refractivity contribution < 1.29 is 24.6 Å². The molecule has 6 heteroatoms. The van der Waals surface area contributed by atoms with Crippen LogP contribution < -0.4 is 5.32 Å². The zero-order chi connectivity index (χ0) is 15.2. The van der Waals surface area contributed by atoms with E-state index in [4.69, 9.17) is 10.2 Å². The lowest BCUT2D eigenvalue weighted by Crippen LogP contribution is -2.37. The van der Waals surface area contributed by atoms with E-state index in [1.165, 1.54) is 7.05 Å². The Morgan fingerprint density at radius 2 is 1.74 bits per heavy atom. The number of carboxylic acid groups (broad SMARTS) is 2. The van der Waals surface area contributed by atoms with Crippen LogP contribution in [0.3, 0.4) is 0 Å². The lowest BCUT2D eigenvalue weighted by atomic mass is 9.76. The predicted octanol–water partition coefficient (Wildman–Crippen LogP) is 1.35. The number of carboxylic acids is 2. The molecule has 0 radical (unpaired) electrons. The molecule has 0 aromatic rings. The molecular formula is C13H23NO5. The van der Waals surface area contributed by atoms with Gasteiger partial charge in [0.2, 0.25) is 5.91 Å². The third kappa shape index (κ3) is 5.72. The molecule has 0 fully saturated rings. The minimum Gasteiger partial charge on any atom is -0.481 e. The first-order valence-corrected chi connectivity index (χ1v) is 6.28. The Morgan fingerprint density at radius 1 is 1.21 bits per heavy atom. The van der Waals surface area contributed by atoms with Crippen LogP contribution in [0.1, 0.15) is 40.0 Å². The van der Waals surface area contributed by atoms with Gasteiger partial charge < -0.3 is 15.5 Å². The second-order valence-corrected chi connectivity index (χ2v) is 5.52. The highest BCUT2D eigenvalue weighted by Crippen LogP contribution is 2.31. The Hall–Kier alpha value is -1.59. The van der Waals surface area contributed by atoms with E-state index in [1.54, 1.807) is 20.8 Å². The third-order valence-electron chi connectivity index (χ3n) is 3.35. The topological polar surface area (TPSA) is 104 Å². The fraction of sp³-hybridized carbons (Fsp3) is 0.769. The highest BCUT2D eigenvalue weighted by molar-refractivity contribution is 5.81. The largest absolute Gasteiger partial charge is 0.481 e. The molecule has 2 atom stereocenters. The summed E-state index contributed by atoms with van der Waals surface area (Å²) in [6.07, 6.45) is 0.292. The van der Waals surface area contributed by atoms with E-state index in [1.807, 2.05) is 0 Å². The van der Waals surface area contributed by atoms with E-state index in [2.05, 4.69) is 5.32 Å². The van der Waals surface area contributed by atoms with Gasteiger partial charge in [-0.15, -0.1) is 0 Å². The molecule has 0 saturated heterocycles. The van der Waals surface area contributed by atoms with Crippen molar-refractivity contribution in [2.24, 2.45) is 17.3 Å². The SMILES string of the molecule is CNC(=O)C(C)(C)CC(C)C(CCC(=O)O)C(=O)O. The number of carbonyl (C=O) groups is 3. The fourth-order valence-corrected chi connectivity index (χ4v) is 2.31. The van der Waals surface area contributed by atoms with Gasteiger partial charge in [-0.2, -0.15) is 0 Å². The standard InChI is InChI=1S/C13H23NO5/c1-8(7-13(2,3)12(19)14-4)9(11(17)18)5-6-10(15)16/h8-9H,5-7H2,1-4H3,(H,14,19)(H,15,16)(H,17,18). The molecule has 0 bridgehead atoms. The Labute approximate surface area is 113 Å². The number of hydrogen-bond donors (Lipinski definition) is 3. The summed E-state index contributed by atoms with van der Waals surface area (Å²) in [5.41, 5.74) is -0.676. The Balaban J connectivity index is 4.73. The quantitative estimate of drug-likeness (QED) is 0.619. The predicted molar refractivity (Wildman–Crippen MR) is 69.6 cm³/mol. The van der Waals surface area contributed by atoms with Crippen LogP contribution in [0.5, 0.6) is 0 Å². The van der Waals surface area contributed by atoms with E-state index < -0.39 is 23.3 Å². The average Bonchev–Trinajstić information content (AvgIpc) is 2.26. The van der Waals surface area contributed by atoms with Crippen molar-refractivity contribution >= 4 is 17.8 Å². The molecule has 0 saturated carbocycles. The van der Waals surface area contributed by atoms with E-state index in [9.17, 15) is 14.4 Å². The highest BCUT2D eigenvalue weighted by atomic mass is 16.4. The summed E-state index contributed by atoms with van der Waals surface area (Å²) in [5.74, 6) is -3.20. The molecule has 0 aliphatic carbocycles. The van der Waals surface area contributed by atoms with Crippen molar-refractivity contribution in [3.8, 4) is 0 Å². The summed E-state index contributed by atoms with van der Waals surface area (Å²) in [6, 6.07) is 0. The Morgan fingerprint density at radius 3 is 2.11 bits per heavy atom. The van der Waals surface area contributed by atoms with Crippen LogP contribution in [0.4, 0.5) is 0 Å². The van der Waals surface area contributed by atoms with Crippen LogP contribution in [-0.2, 0) is 14.4 Å². The second kappa shape index (κ2) is 7.11. The van der Waals surface area contributed by atoms with E-state index in [0.717, 1.165) is 0 Å². The van der Waals surface area contributed by atoms with Crippen molar-refractivity contribution in [3.05, 3.63) is 0 Å². The number of aliphatic carboxylic acids is 2. The van der Waals surface area contributed by atoms with Crippen LogP contribution in [0.15, 0.2) is 0 Å². The van der Waals surface area contributed by atoms with Gasteiger partial charge >= 0.3 is 11.9 Å². The maximum absolute atomic E-state index is 11.7. The van der Waals surface area contributed by atoms with Gasteiger partial charge in [0.1, 0.15) is 0 Å². The third-order valence-corrected chi connectivity index (χ3v) is 3.35. The molecule has 1 amide bonds. The molecule has 0 rings (SSSR count). The molecule has 0 heterocycles. The first kappa shape index (κ1) is 17.4. The summed E-state index contributed by atoms with van der Waals surface area (Å²) < 4.78 is 0. The van der Waals surface area contributed by atoms with Crippen LogP contribution in [-0.4, -0.2) is 35.1 Å². The lowest BCUT2D eigenvalue weighted by molar-refractivity contribution is -0.146. The lowest BCUT2D eigenvalue weighted by Gasteiger charge is -2.29. The molecule has 6 nitrogen and oxygen atoms in total. The van der Waals surface area contributed by atoms with Crippen molar-refractivity contribution in [2.45, 2.75) is 40.0 Å². The highest BCUT2D eigenvalue weighted by Gasteiger charge is 2.34. The van der Waals surface area contributed by atoms with Gasteiger partial charge in [0, 0.05) is 18.9 Å². The first-order chi connectivity index (χ1) is 8.61. The van der Waals surface area contributed by atoms with Gasteiger partial charge in [-0.3, -0.25) is 14.4 Å². The summed E-state index contributed by atoms with van der Waals surface area (Å²) in [4.78, 5) is 33.4. The number of nitrogens with one attached hydrogen (secondary N) is 1. The monoisotopic (exact) mass is 273 g/mol. The summed E-state index contributed by atoms with van der Waals surface area (Å²) in [7, 11) is 1.54. The number of carbonyl (C=O) groups excluding carboxylic acids is 1. The first-order valence-electron chi connectivity index (χ1n) is 6.28. The molecule has 0 aliphatic heterocycles. The minimum absolute atomic E-state index is 0.0790. The van der Waals surface area contributed by atoms with Gasteiger partial charge in [-0.05, 0) is 18.8 Å². The Kier molecular flexibility index (Phi) is 6.52. The molecular weight excluding hydrogens is 250 g/mol. The summed E-state index contributed by atoms with van der Waals surface area (Å²) in [6.45, 7) is 5.24. The maximum Gasteiger partial charge on any atom is 0.306 e. The molecule has 0 aromatic heterocycles. The van der Waals surface area contributed by atoms with E-state index in [-0.39, 0.29) is 24.7 Å². The van der Waals surface area contributed by atoms with Gasteiger partial charge in [-0.1, -0.05) is 20.8 Å². The molecule has 0 aromatic carbocycles. The maximum atomic E-state index is 11.7. The van der Waals surface area contributed by atoms with Crippen molar-refractivity contribution in [1.82, 2.24) is 5.32 Å². The summed E-state index contributed by atoms with van der Waals surface area (Å²) in [5, 5.41) is 20.3. The molecule has 110 valence electrons. The van der Waals surface area contributed by atoms with Crippen molar-refractivity contribution in [2.75, 3.05) is 7.05 Å². The van der Waals surface area contributed by atoms with Crippen LogP contribution in [0.2, 0.25) is 0 Å². The Bertz CT molecular complexity index is 351. The molecule has 3 N–H and O–H groups in total. The second-order valence-electron chi connectivity index (χ2n) is 5.52. The normalized spacial score (nSPS) is 14.5.